The number of carbonyl (C=O) groups excluding carboxylic acids is 3. The summed E-state index contributed by atoms with van der Waals surface area (Å²) >= 11 is 0. The normalized spacial score (nSPS) is 13.3. The Morgan fingerprint density at radius 3 is 1.95 bits per heavy atom. The van der Waals surface area contributed by atoms with E-state index in [1.54, 1.807) is 19.0 Å². The highest BCUT2D eigenvalue weighted by atomic mass is 16.2. The van der Waals surface area contributed by atoms with E-state index in [2.05, 4.69) is 10.6 Å². The van der Waals surface area contributed by atoms with Gasteiger partial charge in [-0.15, -0.1) is 0 Å². The van der Waals surface area contributed by atoms with Crippen molar-refractivity contribution in [3.63, 3.8) is 0 Å². The summed E-state index contributed by atoms with van der Waals surface area (Å²) in [4.78, 5) is 36.5. The average molecular weight is 311 g/mol. The van der Waals surface area contributed by atoms with Crippen molar-refractivity contribution in [2.75, 3.05) is 20.6 Å². The van der Waals surface area contributed by atoms with Crippen LogP contribution < -0.4 is 10.6 Å². The van der Waals surface area contributed by atoms with Crippen LogP contribution in [0, 0.1) is 5.92 Å². The second kappa shape index (κ2) is 9.23. The Labute approximate surface area is 133 Å². The zero-order chi connectivity index (χ0) is 17.4. The zero-order valence-electron chi connectivity index (χ0n) is 14.7. The molecule has 0 aliphatic rings. The Kier molecular flexibility index (Phi) is 8.45. The predicted octanol–water partition coefficient (Wildman–Crippen LogP) is 1.08. The van der Waals surface area contributed by atoms with Crippen molar-refractivity contribution < 1.29 is 14.4 Å². The van der Waals surface area contributed by atoms with Gasteiger partial charge in [0, 0.05) is 34.0 Å². The van der Waals surface area contributed by atoms with Gasteiger partial charge in [0.25, 0.3) is 0 Å². The topological polar surface area (TPSA) is 78.5 Å². The molecule has 0 aliphatic carbocycles. The van der Waals surface area contributed by atoms with Crippen LogP contribution in [0.25, 0.3) is 0 Å². The molecule has 0 saturated heterocycles. The number of hydrogen-bond acceptors (Lipinski definition) is 3. The van der Waals surface area contributed by atoms with E-state index < -0.39 is 6.04 Å². The molecule has 0 aromatic rings. The van der Waals surface area contributed by atoms with Crippen LogP contribution in [-0.4, -0.2) is 49.3 Å². The summed E-state index contributed by atoms with van der Waals surface area (Å²) in [6, 6.07) is -0.547. The summed E-state index contributed by atoms with van der Waals surface area (Å²) in [6.07, 6.45) is 0.341. The largest absolute Gasteiger partial charge is 0.351 e. The standard InChI is InChI=1S/C16H29N3O3/c1-10(2)15(18-13(5)20)16(22)17-9-12(4)11(3)8-14(21)19(6)7/h10,15H,8-9H2,1-7H3,(H,17,22)(H,18,20)/b12-11+/t15-/m0/s1. The lowest BCUT2D eigenvalue weighted by Crippen LogP contribution is -2.49. The summed E-state index contributed by atoms with van der Waals surface area (Å²) in [7, 11) is 3.43. The van der Waals surface area contributed by atoms with Gasteiger partial charge in [-0.1, -0.05) is 25.0 Å². The third-order valence-electron chi connectivity index (χ3n) is 3.48. The second-order valence-corrected chi connectivity index (χ2v) is 6.17. The van der Waals surface area contributed by atoms with E-state index in [4.69, 9.17) is 0 Å². The molecule has 0 aromatic heterocycles. The highest BCUT2D eigenvalue weighted by molar-refractivity contribution is 5.87. The maximum atomic E-state index is 12.2. The number of nitrogens with zero attached hydrogens (tertiary/aromatic N) is 1. The van der Waals surface area contributed by atoms with Crippen molar-refractivity contribution in [1.29, 1.82) is 0 Å². The average Bonchev–Trinajstić information content (AvgIpc) is 2.40. The lowest BCUT2D eigenvalue weighted by Gasteiger charge is -2.21. The molecule has 0 rings (SSSR count). The van der Waals surface area contributed by atoms with Crippen molar-refractivity contribution in [3.8, 4) is 0 Å². The molecule has 6 heteroatoms. The van der Waals surface area contributed by atoms with Gasteiger partial charge in [-0.3, -0.25) is 14.4 Å². The van der Waals surface area contributed by atoms with Gasteiger partial charge in [-0.2, -0.15) is 0 Å². The van der Waals surface area contributed by atoms with E-state index in [0.29, 0.717) is 13.0 Å². The van der Waals surface area contributed by atoms with Gasteiger partial charge in [0.2, 0.25) is 17.7 Å². The molecule has 6 nitrogen and oxygen atoms in total. The van der Waals surface area contributed by atoms with Gasteiger partial charge in [0.05, 0.1) is 0 Å². The molecule has 0 heterocycles. The van der Waals surface area contributed by atoms with E-state index in [1.165, 1.54) is 6.92 Å². The quantitative estimate of drug-likeness (QED) is 0.691. The van der Waals surface area contributed by atoms with Crippen LogP contribution in [-0.2, 0) is 14.4 Å². The summed E-state index contributed by atoms with van der Waals surface area (Å²) in [5, 5.41) is 5.47. The van der Waals surface area contributed by atoms with Crippen LogP contribution in [0.1, 0.15) is 41.0 Å². The number of carbonyl (C=O) groups is 3. The van der Waals surface area contributed by atoms with Gasteiger partial charge in [-0.25, -0.2) is 0 Å². The molecule has 0 fully saturated rings. The van der Waals surface area contributed by atoms with Gasteiger partial charge in [0.15, 0.2) is 0 Å². The first-order valence-corrected chi connectivity index (χ1v) is 7.46. The van der Waals surface area contributed by atoms with E-state index in [1.807, 2.05) is 27.7 Å². The Morgan fingerprint density at radius 2 is 1.55 bits per heavy atom. The van der Waals surface area contributed by atoms with E-state index in [-0.39, 0.29) is 23.6 Å². The minimum atomic E-state index is -0.547. The summed E-state index contributed by atoms with van der Waals surface area (Å²) in [5.41, 5.74) is 1.90. The minimum Gasteiger partial charge on any atom is -0.351 e. The Morgan fingerprint density at radius 1 is 1.00 bits per heavy atom. The first-order chi connectivity index (χ1) is 10.1. The van der Waals surface area contributed by atoms with Crippen molar-refractivity contribution in [2.45, 2.75) is 47.1 Å². The fraction of sp³-hybridized carbons (Fsp3) is 0.688. The van der Waals surface area contributed by atoms with E-state index >= 15 is 0 Å². The number of amides is 3. The molecule has 0 aromatic carbocycles. The highest BCUT2D eigenvalue weighted by Crippen LogP contribution is 2.09. The molecule has 2 N–H and O–H groups in total. The van der Waals surface area contributed by atoms with Crippen molar-refractivity contribution in [3.05, 3.63) is 11.1 Å². The molecule has 0 bridgehead atoms. The molecule has 126 valence electrons. The first-order valence-electron chi connectivity index (χ1n) is 7.46. The van der Waals surface area contributed by atoms with E-state index in [9.17, 15) is 14.4 Å². The van der Waals surface area contributed by atoms with Crippen LogP contribution in [0.15, 0.2) is 11.1 Å². The highest BCUT2D eigenvalue weighted by Gasteiger charge is 2.22. The zero-order valence-corrected chi connectivity index (χ0v) is 14.7. The van der Waals surface area contributed by atoms with Gasteiger partial charge in [0.1, 0.15) is 6.04 Å². The number of rotatable bonds is 7. The van der Waals surface area contributed by atoms with Crippen molar-refractivity contribution >= 4 is 17.7 Å². The van der Waals surface area contributed by atoms with Gasteiger partial charge < -0.3 is 15.5 Å². The number of hydrogen-bond donors (Lipinski definition) is 2. The second-order valence-electron chi connectivity index (χ2n) is 6.17. The Balaban J connectivity index is 4.66. The van der Waals surface area contributed by atoms with Crippen molar-refractivity contribution in [1.82, 2.24) is 15.5 Å². The van der Waals surface area contributed by atoms with E-state index in [0.717, 1.165) is 11.1 Å². The number of nitrogens with one attached hydrogen (secondary N) is 2. The van der Waals surface area contributed by atoms with Gasteiger partial charge in [-0.05, 0) is 19.8 Å². The Hall–Kier alpha value is -1.85. The molecule has 0 aliphatic heterocycles. The van der Waals surface area contributed by atoms with Crippen LogP contribution in [0.3, 0.4) is 0 Å². The monoisotopic (exact) mass is 311 g/mol. The predicted molar refractivity (Wildman–Crippen MR) is 87.1 cm³/mol. The maximum absolute atomic E-state index is 12.2. The van der Waals surface area contributed by atoms with Crippen LogP contribution in [0.5, 0.6) is 0 Å². The van der Waals surface area contributed by atoms with Crippen molar-refractivity contribution in [2.24, 2.45) is 5.92 Å². The molecule has 0 unspecified atom stereocenters. The third kappa shape index (κ3) is 7.24. The molecular weight excluding hydrogens is 282 g/mol. The molecular formula is C16H29N3O3. The molecule has 0 saturated carbocycles. The SMILES string of the molecule is CC(=O)N[C@H](C(=O)NC/C(C)=C(\C)CC(=O)N(C)C)C(C)C. The molecule has 0 spiro atoms. The smallest absolute Gasteiger partial charge is 0.243 e. The van der Waals surface area contributed by atoms with Crippen LogP contribution in [0.4, 0.5) is 0 Å². The van der Waals surface area contributed by atoms with Gasteiger partial charge >= 0.3 is 0 Å². The fourth-order valence-electron chi connectivity index (χ4n) is 1.77. The molecule has 1 atom stereocenters. The van der Waals surface area contributed by atoms with Crippen LogP contribution in [0.2, 0.25) is 0 Å². The molecule has 3 amide bonds. The molecule has 22 heavy (non-hydrogen) atoms. The third-order valence-corrected chi connectivity index (χ3v) is 3.48. The summed E-state index contributed by atoms with van der Waals surface area (Å²) < 4.78 is 0. The minimum absolute atomic E-state index is 0.00426. The first kappa shape index (κ1) is 20.1. The lowest BCUT2D eigenvalue weighted by atomic mass is 10.0. The Bertz CT molecular complexity index is 454. The summed E-state index contributed by atoms with van der Waals surface area (Å²) in [6.45, 7) is 9.30. The summed E-state index contributed by atoms with van der Waals surface area (Å²) in [5.74, 6) is -0.406. The maximum Gasteiger partial charge on any atom is 0.243 e. The fourth-order valence-corrected chi connectivity index (χ4v) is 1.77. The lowest BCUT2D eigenvalue weighted by molar-refractivity contribution is -0.129. The molecule has 0 radical (unpaired) electrons. The van der Waals surface area contributed by atoms with Crippen LogP contribution >= 0.6 is 0 Å².